The Bertz CT molecular complexity index is 560. The first kappa shape index (κ1) is 13.8. The van der Waals surface area contributed by atoms with Crippen molar-refractivity contribution in [2.75, 3.05) is 38.2 Å². The summed E-state index contributed by atoms with van der Waals surface area (Å²) >= 11 is 0. The van der Waals surface area contributed by atoms with Crippen molar-refractivity contribution in [3.8, 4) is 0 Å². The lowest BCUT2D eigenvalue weighted by molar-refractivity contribution is 0.0698. The van der Waals surface area contributed by atoms with Crippen LogP contribution in [0.4, 0.5) is 5.69 Å². The number of nitrogens with two attached hydrogens (primary N) is 1. The normalized spacial score (nSPS) is 17.4. The van der Waals surface area contributed by atoms with E-state index in [1.807, 2.05) is 0 Å². The van der Waals surface area contributed by atoms with Gasteiger partial charge in [-0.25, -0.2) is 8.42 Å². The third-order valence-corrected chi connectivity index (χ3v) is 4.46. The summed E-state index contributed by atoms with van der Waals surface area (Å²) in [6.07, 6.45) is 1.18. The first-order chi connectivity index (χ1) is 8.88. The number of hydrogen-bond donors (Lipinski definition) is 1. The fraction of sp³-hybridized carbons (Fsp3) is 0.417. The van der Waals surface area contributed by atoms with E-state index >= 15 is 0 Å². The topological polar surface area (TPSA) is 83.7 Å². The molecule has 19 heavy (non-hydrogen) atoms. The number of nitrogen functional groups attached to an aromatic ring is 1. The molecular formula is C12H17N3O3S. The molecule has 1 heterocycles. The van der Waals surface area contributed by atoms with E-state index in [9.17, 15) is 13.2 Å². The monoisotopic (exact) mass is 283 g/mol. The van der Waals surface area contributed by atoms with Gasteiger partial charge in [-0.15, -0.1) is 0 Å². The molecule has 0 aromatic heterocycles. The lowest BCUT2D eigenvalue weighted by Crippen LogP contribution is -2.50. The average molecular weight is 283 g/mol. The lowest BCUT2D eigenvalue weighted by Gasteiger charge is -2.33. The van der Waals surface area contributed by atoms with Gasteiger partial charge in [0.1, 0.15) is 0 Å². The van der Waals surface area contributed by atoms with E-state index in [1.54, 1.807) is 29.2 Å². The Labute approximate surface area is 112 Å². The summed E-state index contributed by atoms with van der Waals surface area (Å²) in [7, 11) is -3.17. The number of carbonyl (C=O) groups excluding carboxylic acids is 1. The summed E-state index contributed by atoms with van der Waals surface area (Å²) in [5.41, 5.74) is 6.75. The fourth-order valence-electron chi connectivity index (χ4n) is 2.03. The van der Waals surface area contributed by atoms with Crippen molar-refractivity contribution in [3.63, 3.8) is 0 Å². The summed E-state index contributed by atoms with van der Waals surface area (Å²) in [4.78, 5) is 13.8. The van der Waals surface area contributed by atoms with Crippen LogP contribution in [0.5, 0.6) is 0 Å². The summed E-state index contributed by atoms with van der Waals surface area (Å²) in [6.45, 7) is 1.52. The molecule has 1 aromatic carbocycles. The van der Waals surface area contributed by atoms with Crippen LogP contribution in [0.25, 0.3) is 0 Å². The highest BCUT2D eigenvalue weighted by molar-refractivity contribution is 7.88. The van der Waals surface area contributed by atoms with Crippen LogP contribution >= 0.6 is 0 Å². The van der Waals surface area contributed by atoms with E-state index in [0.717, 1.165) is 0 Å². The van der Waals surface area contributed by atoms with E-state index in [1.165, 1.54) is 10.6 Å². The minimum atomic E-state index is -3.17. The molecule has 1 aliphatic rings. The molecule has 6 nitrogen and oxygen atoms in total. The Morgan fingerprint density at radius 2 is 1.63 bits per heavy atom. The van der Waals surface area contributed by atoms with Crippen LogP contribution in [0.3, 0.4) is 0 Å². The standard InChI is InChI=1S/C12H17N3O3S/c1-19(17,18)15-8-6-14(7-9-15)12(16)10-2-4-11(13)5-3-10/h2-5H,6-9,13H2,1H3. The number of hydrogen-bond acceptors (Lipinski definition) is 4. The molecule has 2 N–H and O–H groups in total. The van der Waals surface area contributed by atoms with Crippen LogP contribution in [-0.4, -0.2) is 56.0 Å². The maximum Gasteiger partial charge on any atom is 0.253 e. The van der Waals surface area contributed by atoms with Crippen molar-refractivity contribution in [1.29, 1.82) is 0 Å². The molecule has 0 atom stereocenters. The fourth-order valence-corrected chi connectivity index (χ4v) is 2.86. The van der Waals surface area contributed by atoms with Gasteiger partial charge in [0, 0.05) is 37.4 Å². The second-order valence-electron chi connectivity index (χ2n) is 4.58. The number of piperazine rings is 1. The molecule has 1 aromatic rings. The van der Waals surface area contributed by atoms with Crippen LogP contribution in [-0.2, 0) is 10.0 Å². The van der Waals surface area contributed by atoms with E-state index in [2.05, 4.69) is 0 Å². The van der Waals surface area contributed by atoms with E-state index in [0.29, 0.717) is 37.4 Å². The highest BCUT2D eigenvalue weighted by Crippen LogP contribution is 2.12. The first-order valence-electron chi connectivity index (χ1n) is 5.98. The van der Waals surface area contributed by atoms with Crippen LogP contribution in [0, 0.1) is 0 Å². The summed E-state index contributed by atoms with van der Waals surface area (Å²) < 4.78 is 24.1. The Kier molecular flexibility index (Phi) is 3.77. The van der Waals surface area contributed by atoms with E-state index in [-0.39, 0.29) is 5.91 Å². The van der Waals surface area contributed by atoms with Crippen molar-refractivity contribution < 1.29 is 13.2 Å². The van der Waals surface area contributed by atoms with Gasteiger partial charge in [0.05, 0.1) is 6.26 Å². The quantitative estimate of drug-likeness (QED) is 0.774. The molecule has 0 saturated carbocycles. The SMILES string of the molecule is CS(=O)(=O)N1CCN(C(=O)c2ccc(N)cc2)CC1. The van der Waals surface area contributed by atoms with Gasteiger partial charge < -0.3 is 10.6 Å². The van der Waals surface area contributed by atoms with Crippen LogP contribution in [0.1, 0.15) is 10.4 Å². The molecule has 0 spiro atoms. The second-order valence-corrected chi connectivity index (χ2v) is 6.56. The van der Waals surface area contributed by atoms with Gasteiger partial charge in [0.25, 0.3) is 5.91 Å². The Hall–Kier alpha value is -1.60. The molecular weight excluding hydrogens is 266 g/mol. The van der Waals surface area contributed by atoms with Crippen LogP contribution < -0.4 is 5.73 Å². The summed E-state index contributed by atoms with van der Waals surface area (Å²) in [5, 5.41) is 0. The Balaban J connectivity index is 2.02. The van der Waals surface area contributed by atoms with Gasteiger partial charge in [-0.1, -0.05) is 0 Å². The molecule has 0 bridgehead atoms. The maximum absolute atomic E-state index is 12.2. The predicted octanol–water partition coefficient (Wildman–Crippen LogP) is -0.0138. The second kappa shape index (κ2) is 5.18. The number of carbonyl (C=O) groups is 1. The van der Waals surface area contributed by atoms with Crippen molar-refractivity contribution in [2.45, 2.75) is 0 Å². The number of nitrogens with zero attached hydrogens (tertiary/aromatic N) is 2. The minimum absolute atomic E-state index is 0.0897. The third kappa shape index (κ3) is 3.24. The smallest absolute Gasteiger partial charge is 0.253 e. The average Bonchev–Trinajstić information content (AvgIpc) is 2.38. The van der Waals surface area contributed by atoms with Gasteiger partial charge in [0.15, 0.2) is 0 Å². The molecule has 0 radical (unpaired) electrons. The zero-order valence-electron chi connectivity index (χ0n) is 10.7. The molecule has 1 fully saturated rings. The van der Waals surface area contributed by atoms with Gasteiger partial charge in [-0.2, -0.15) is 4.31 Å². The van der Waals surface area contributed by atoms with E-state index < -0.39 is 10.0 Å². The van der Waals surface area contributed by atoms with Gasteiger partial charge in [-0.05, 0) is 24.3 Å². The molecule has 104 valence electrons. The first-order valence-corrected chi connectivity index (χ1v) is 7.83. The Morgan fingerprint density at radius 3 is 2.11 bits per heavy atom. The predicted molar refractivity (Wildman–Crippen MR) is 73.2 cm³/mol. The van der Waals surface area contributed by atoms with Crippen LogP contribution in [0.2, 0.25) is 0 Å². The minimum Gasteiger partial charge on any atom is -0.399 e. The molecule has 7 heteroatoms. The van der Waals surface area contributed by atoms with Crippen LogP contribution in [0.15, 0.2) is 24.3 Å². The van der Waals surface area contributed by atoms with Gasteiger partial charge >= 0.3 is 0 Å². The number of amides is 1. The Morgan fingerprint density at radius 1 is 1.11 bits per heavy atom. The van der Waals surface area contributed by atoms with Crippen molar-refractivity contribution in [2.24, 2.45) is 0 Å². The number of anilines is 1. The van der Waals surface area contributed by atoms with Gasteiger partial charge in [-0.3, -0.25) is 4.79 Å². The highest BCUT2D eigenvalue weighted by Gasteiger charge is 2.26. The molecule has 0 unspecified atom stereocenters. The van der Waals surface area contributed by atoms with Crippen molar-refractivity contribution in [1.82, 2.24) is 9.21 Å². The number of rotatable bonds is 2. The maximum atomic E-state index is 12.2. The molecule has 0 aliphatic carbocycles. The zero-order valence-corrected chi connectivity index (χ0v) is 11.6. The third-order valence-electron chi connectivity index (χ3n) is 3.15. The van der Waals surface area contributed by atoms with Gasteiger partial charge in [0.2, 0.25) is 10.0 Å². The van der Waals surface area contributed by atoms with Crippen molar-refractivity contribution in [3.05, 3.63) is 29.8 Å². The van der Waals surface area contributed by atoms with Crippen molar-refractivity contribution >= 4 is 21.6 Å². The molecule has 1 aliphatic heterocycles. The molecule has 2 rings (SSSR count). The highest BCUT2D eigenvalue weighted by atomic mass is 32.2. The largest absolute Gasteiger partial charge is 0.399 e. The summed E-state index contributed by atoms with van der Waals surface area (Å²) in [5.74, 6) is -0.0897. The van der Waals surface area contributed by atoms with E-state index in [4.69, 9.17) is 5.73 Å². The molecule has 1 amide bonds. The summed E-state index contributed by atoms with van der Waals surface area (Å²) in [6, 6.07) is 6.72. The lowest BCUT2D eigenvalue weighted by atomic mass is 10.1. The zero-order chi connectivity index (χ0) is 14.0. The number of sulfonamides is 1. The number of benzene rings is 1. The molecule has 1 saturated heterocycles.